The molecule has 1 heterocycles. The number of nitrogens with zero attached hydrogens (tertiary/aromatic N) is 3. The lowest BCUT2D eigenvalue weighted by Gasteiger charge is -2.08. The molecule has 0 fully saturated rings. The Labute approximate surface area is 260 Å². The first kappa shape index (κ1) is 32.6. The van der Waals surface area contributed by atoms with Crippen LogP contribution in [0.2, 0.25) is 0 Å². The van der Waals surface area contributed by atoms with Gasteiger partial charge in [0.25, 0.3) is 0 Å². The molecule has 3 aromatic carbocycles. The molecule has 0 aliphatic rings. The van der Waals surface area contributed by atoms with E-state index in [1.807, 2.05) is 35.1 Å². The maximum absolute atomic E-state index is 6.05. The number of hydrogen-bond donors (Lipinski definition) is 0. The van der Waals surface area contributed by atoms with E-state index < -0.39 is 0 Å². The fourth-order valence-corrected chi connectivity index (χ4v) is 5.54. The number of benzene rings is 3. The van der Waals surface area contributed by atoms with Crippen LogP contribution in [0, 0.1) is 0 Å². The number of fused-ring (bicyclic) bond motifs is 1. The molecule has 0 amide bonds. The first-order valence-corrected chi connectivity index (χ1v) is 17.1. The molecule has 4 rings (SSSR count). The standard InChI is InChI=1S/C38H53N3O2/c1-3-5-7-9-11-13-15-17-27-42-36-25-22-35(23-26-36)41-31-38(39-40-41)34-20-19-33-30-37(24-21-32(33)29-34)43-28-18-16-14-12-10-8-6-4-2/h19-26,29-31H,3-18,27-28H2,1-2H3. The third-order valence-corrected chi connectivity index (χ3v) is 8.24. The Balaban J connectivity index is 1.20. The highest BCUT2D eigenvalue weighted by atomic mass is 16.5. The maximum atomic E-state index is 6.05. The summed E-state index contributed by atoms with van der Waals surface area (Å²) in [5, 5.41) is 11.2. The lowest BCUT2D eigenvalue weighted by atomic mass is 10.1. The zero-order chi connectivity index (χ0) is 30.0. The Morgan fingerprint density at radius 3 is 1.67 bits per heavy atom. The second-order valence-corrected chi connectivity index (χ2v) is 11.9. The molecule has 5 nitrogen and oxygen atoms in total. The molecular formula is C38H53N3O2. The highest BCUT2D eigenvalue weighted by Crippen LogP contribution is 2.27. The number of hydrogen-bond acceptors (Lipinski definition) is 4. The van der Waals surface area contributed by atoms with Gasteiger partial charge in [0, 0.05) is 5.56 Å². The van der Waals surface area contributed by atoms with Crippen LogP contribution in [-0.2, 0) is 0 Å². The molecule has 0 bridgehead atoms. The molecule has 0 aliphatic heterocycles. The molecule has 43 heavy (non-hydrogen) atoms. The van der Waals surface area contributed by atoms with Gasteiger partial charge in [-0.1, -0.05) is 127 Å². The van der Waals surface area contributed by atoms with E-state index in [9.17, 15) is 0 Å². The molecule has 0 saturated heterocycles. The number of unbranched alkanes of at least 4 members (excludes halogenated alkanes) is 14. The van der Waals surface area contributed by atoms with Crippen molar-refractivity contribution in [3.63, 3.8) is 0 Å². The molecule has 0 saturated carbocycles. The van der Waals surface area contributed by atoms with Crippen molar-refractivity contribution in [2.24, 2.45) is 0 Å². The minimum atomic E-state index is 0.774. The van der Waals surface area contributed by atoms with Crippen LogP contribution in [0.5, 0.6) is 11.5 Å². The van der Waals surface area contributed by atoms with Crippen molar-refractivity contribution < 1.29 is 9.47 Å². The normalized spacial score (nSPS) is 11.3. The Morgan fingerprint density at radius 2 is 1.05 bits per heavy atom. The van der Waals surface area contributed by atoms with Gasteiger partial charge < -0.3 is 9.47 Å². The minimum Gasteiger partial charge on any atom is -0.494 e. The Kier molecular flexibility index (Phi) is 14.4. The van der Waals surface area contributed by atoms with Crippen molar-refractivity contribution in [1.82, 2.24) is 15.0 Å². The third-order valence-electron chi connectivity index (χ3n) is 8.24. The largest absolute Gasteiger partial charge is 0.494 e. The van der Waals surface area contributed by atoms with Gasteiger partial charge in [-0.2, -0.15) is 0 Å². The van der Waals surface area contributed by atoms with E-state index in [1.54, 1.807) is 0 Å². The smallest absolute Gasteiger partial charge is 0.119 e. The monoisotopic (exact) mass is 583 g/mol. The van der Waals surface area contributed by atoms with E-state index >= 15 is 0 Å². The second-order valence-electron chi connectivity index (χ2n) is 11.9. The lowest BCUT2D eigenvalue weighted by Crippen LogP contribution is -1.98. The summed E-state index contributed by atoms with van der Waals surface area (Å²) in [6.45, 7) is 6.10. The highest BCUT2D eigenvalue weighted by molar-refractivity contribution is 5.87. The fourth-order valence-electron chi connectivity index (χ4n) is 5.54. The van der Waals surface area contributed by atoms with Gasteiger partial charge in [-0.05, 0) is 66.1 Å². The lowest BCUT2D eigenvalue weighted by molar-refractivity contribution is 0.304. The molecule has 0 aliphatic carbocycles. The summed E-state index contributed by atoms with van der Waals surface area (Å²) in [5.74, 6) is 1.85. The molecule has 0 atom stereocenters. The van der Waals surface area contributed by atoms with E-state index in [-0.39, 0.29) is 0 Å². The zero-order valence-electron chi connectivity index (χ0n) is 26.7. The number of ether oxygens (including phenoxy) is 2. The molecule has 0 unspecified atom stereocenters. The van der Waals surface area contributed by atoms with Crippen LogP contribution in [0.15, 0.2) is 66.9 Å². The molecular weight excluding hydrogens is 530 g/mol. The SMILES string of the molecule is CCCCCCCCCCOc1ccc(-n2cc(-c3ccc4cc(OCCCCCCCCCC)ccc4c3)nn2)cc1. The summed E-state index contributed by atoms with van der Waals surface area (Å²) < 4.78 is 13.8. The summed E-state index contributed by atoms with van der Waals surface area (Å²) in [6.07, 6.45) is 22.9. The summed E-state index contributed by atoms with van der Waals surface area (Å²) in [4.78, 5) is 0. The number of rotatable bonds is 22. The van der Waals surface area contributed by atoms with Crippen LogP contribution in [0.3, 0.4) is 0 Å². The van der Waals surface area contributed by atoms with Crippen LogP contribution in [0.1, 0.15) is 117 Å². The van der Waals surface area contributed by atoms with Crippen LogP contribution in [0.25, 0.3) is 27.7 Å². The summed E-state index contributed by atoms with van der Waals surface area (Å²) in [6, 6.07) is 20.9. The van der Waals surface area contributed by atoms with E-state index in [1.165, 1.54) is 101 Å². The average molecular weight is 584 g/mol. The first-order chi connectivity index (χ1) is 21.3. The van der Waals surface area contributed by atoms with Crippen LogP contribution < -0.4 is 9.47 Å². The maximum Gasteiger partial charge on any atom is 0.119 e. The number of aromatic nitrogens is 3. The van der Waals surface area contributed by atoms with E-state index in [0.717, 1.165) is 54.5 Å². The van der Waals surface area contributed by atoms with E-state index in [2.05, 4.69) is 60.6 Å². The summed E-state index contributed by atoms with van der Waals surface area (Å²) in [5.41, 5.74) is 2.88. The van der Waals surface area contributed by atoms with Gasteiger partial charge >= 0.3 is 0 Å². The Morgan fingerprint density at radius 1 is 0.535 bits per heavy atom. The molecule has 232 valence electrons. The van der Waals surface area contributed by atoms with Gasteiger partial charge in [-0.3, -0.25) is 0 Å². The van der Waals surface area contributed by atoms with Crippen molar-refractivity contribution in [3.05, 3.63) is 66.9 Å². The minimum absolute atomic E-state index is 0.774. The van der Waals surface area contributed by atoms with Gasteiger partial charge in [0.2, 0.25) is 0 Å². The van der Waals surface area contributed by atoms with E-state index in [4.69, 9.17) is 9.47 Å². The van der Waals surface area contributed by atoms with Crippen molar-refractivity contribution in [3.8, 4) is 28.4 Å². The van der Waals surface area contributed by atoms with Gasteiger partial charge in [0.15, 0.2) is 0 Å². The molecule has 1 aromatic heterocycles. The molecule has 0 spiro atoms. The predicted molar refractivity (Wildman–Crippen MR) is 181 cm³/mol. The van der Waals surface area contributed by atoms with Crippen molar-refractivity contribution in [2.45, 2.75) is 117 Å². The van der Waals surface area contributed by atoms with Crippen molar-refractivity contribution >= 4 is 10.8 Å². The van der Waals surface area contributed by atoms with Crippen LogP contribution in [-0.4, -0.2) is 28.2 Å². The molecule has 0 N–H and O–H groups in total. The summed E-state index contributed by atoms with van der Waals surface area (Å²) in [7, 11) is 0. The zero-order valence-corrected chi connectivity index (χ0v) is 26.7. The first-order valence-electron chi connectivity index (χ1n) is 17.1. The fraction of sp³-hybridized carbons (Fsp3) is 0.526. The average Bonchev–Trinajstić information content (AvgIpc) is 3.54. The quantitative estimate of drug-likeness (QED) is 0.0863. The predicted octanol–water partition coefficient (Wildman–Crippen LogP) is 11.1. The van der Waals surface area contributed by atoms with Crippen LogP contribution in [0.4, 0.5) is 0 Å². The molecule has 5 heteroatoms. The van der Waals surface area contributed by atoms with Gasteiger partial charge in [-0.25, -0.2) is 4.68 Å². The molecule has 0 radical (unpaired) electrons. The van der Waals surface area contributed by atoms with Gasteiger partial charge in [-0.15, -0.1) is 5.10 Å². The molecule has 4 aromatic rings. The Bertz CT molecular complexity index is 1310. The van der Waals surface area contributed by atoms with Gasteiger partial charge in [0.1, 0.15) is 17.2 Å². The Hall–Kier alpha value is -3.34. The van der Waals surface area contributed by atoms with Crippen molar-refractivity contribution in [2.75, 3.05) is 13.2 Å². The third kappa shape index (κ3) is 11.3. The second kappa shape index (κ2) is 19.0. The summed E-state index contributed by atoms with van der Waals surface area (Å²) >= 11 is 0. The highest BCUT2D eigenvalue weighted by Gasteiger charge is 2.08. The van der Waals surface area contributed by atoms with Gasteiger partial charge in [0.05, 0.1) is 25.1 Å². The van der Waals surface area contributed by atoms with Crippen molar-refractivity contribution in [1.29, 1.82) is 0 Å². The topological polar surface area (TPSA) is 49.2 Å². The van der Waals surface area contributed by atoms with E-state index in [0.29, 0.717) is 0 Å². The van der Waals surface area contributed by atoms with Crippen LogP contribution >= 0.6 is 0 Å².